The molecule has 1 aromatic carbocycles. The maximum atomic E-state index is 3.45. The Kier molecular flexibility index (Phi) is 3.70. The lowest BCUT2D eigenvalue weighted by Crippen LogP contribution is -2.22. The zero-order chi connectivity index (χ0) is 10.7. The van der Waals surface area contributed by atoms with Crippen molar-refractivity contribution in [1.29, 1.82) is 0 Å². The first-order valence-corrected chi connectivity index (χ1v) is 5.31. The van der Waals surface area contributed by atoms with Crippen molar-refractivity contribution in [2.45, 2.75) is 47.2 Å². The predicted molar refractivity (Wildman–Crippen MR) is 62.6 cm³/mol. The van der Waals surface area contributed by atoms with Crippen LogP contribution in [0.3, 0.4) is 0 Å². The topological polar surface area (TPSA) is 12.0 Å². The van der Waals surface area contributed by atoms with E-state index in [1.165, 1.54) is 22.3 Å². The highest BCUT2D eigenvalue weighted by Gasteiger charge is 2.02. The molecule has 0 spiro atoms. The van der Waals surface area contributed by atoms with Crippen LogP contribution in [0.4, 0.5) is 0 Å². The lowest BCUT2D eigenvalue weighted by Gasteiger charge is -2.12. The lowest BCUT2D eigenvalue weighted by molar-refractivity contribution is 0.587. The Labute approximate surface area is 87.5 Å². The van der Waals surface area contributed by atoms with Crippen LogP contribution in [0.15, 0.2) is 12.1 Å². The van der Waals surface area contributed by atoms with E-state index in [1.54, 1.807) is 0 Å². The summed E-state index contributed by atoms with van der Waals surface area (Å²) in [5, 5.41) is 3.45. The molecule has 0 aromatic heterocycles. The number of hydrogen-bond donors (Lipinski definition) is 1. The van der Waals surface area contributed by atoms with E-state index in [1.807, 2.05) is 0 Å². The molecule has 0 fully saturated rings. The Morgan fingerprint density at radius 1 is 1.00 bits per heavy atom. The van der Waals surface area contributed by atoms with Gasteiger partial charge in [0, 0.05) is 12.6 Å². The van der Waals surface area contributed by atoms with Crippen molar-refractivity contribution in [2.75, 3.05) is 0 Å². The zero-order valence-electron chi connectivity index (χ0n) is 9.94. The molecule has 1 rings (SSSR count). The van der Waals surface area contributed by atoms with Gasteiger partial charge < -0.3 is 5.32 Å². The first-order valence-electron chi connectivity index (χ1n) is 5.31. The number of hydrogen-bond acceptors (Lipinski definition) is 1. The van der Waals surface area contributed by atoms with Crippen molar-refractivity contribution in [3.8, 4) is 0 Å². The zero-order valence-corrected chi connectivity index (χ0v) is 9.94. The maximum Gasteiger partial charge on any atom is 0.0210 e. The molecule has 0 unspecified atom stereocenters. The summed E-state index contributed by atoms with van der Waals surface area (Å²) in [4.78, 5) is 0. The van der Waals surface area contributed by atoms with Crippen molar-refractivity contribution in [2.24, 2.45) is 0 Å². The molecular formula is C13H21N. The van der Waals surface area contributed by atoms with Crippen LogP contribution in [-0.4, -0.2) is 6.04 Å². The first kappa shape index (κ1) is 11.3. The van der Waals surface area contributed by atoms with Gasteiger partial charge in [-0.2, -0.15) is 0 Å². The van der Waals surface area contributed by atoms with Gasteiger partial charge in [-0.15, -0.1) is 0 Å². The fourth-order valence-electron chi connectivity index (χ4n) is 1.52. The Morgan fingerprint density at radius 2 is 1.57 bits per heavy atom. The monoisotopic (exact) mass is 191 g/mol. The molecule has 0 aliphatic carbocycles. The van der Waals surface area contributed by atoms with E-state index in [0.29, 0.717) is 6.04 Å². The highest BCUT2D eigenvalue weighted by atomic mass is 14.9. The molecule has 14 heavy (non-hydrogen) atoms. The maximum absolute atomic E-state index is 3.45. The van der Waals surface area contributed by atoms with E-state index >= 15 is 0 Å². The van der Waals surface area contributed by atoms with Crippen LogP contribution < -0.4 is 5.32 Å². The van der Waals surface area contributed by atoms with E-state index < -0.39 is 0 Å². The summed E-state index contributed by atoms with van der Waals surface area (Å²) >= 11 is 0. The van der Waals surface area contributed by atoms with Crippen molar-refractivity contribution >= 4 is 0 Å². The number of rotatable bonds is 3. The van der Waals surface area contributed by atoms with Gasteiger partial charge in [0.1, 0.15) is 0 Å². The molecule has 78 valence electrons. The minimum absolute atomic E-state index is 0.552. The quantitative estimate of drug-likeness (QED) is 0.774. The van der Waals surface area contributed by atoms with Crippen LogP contribution in [0.25, 0.3) is 0 Å². The summed E-state index contributed by atoms with van der Waals surface area (Å²) in [5.74, 6) is 0. The van der Waals surface area contributed by atoms with Crippen molar-refractivity contribution in [3.05, 3.63) is 34.4 Å². The molecular weight excluding hydrogens is 170 g/mol. The van der Waals surface area contributed by atoms with Gasteiger partial charge in [0.25, 0.3) is 0 Å². The normalized spacial score (nSPS) is 11.0. The van der Waals surface area contributed by atoms with Crippen molar-refractivity contribution < 1.29 is 0 Å². The lowest BCUT2D eigenvalue weighted by atomic mass is 10.0. The van der Waals surface area contributed by atoms with Gasteiger partial charge in [-0.05, 0) is 43.0 Å². The number of nitrogens with one attached hydrogen (secondary N) is 1. The third-order valence-corrected chi connectivity index (χ3v) is 2.65. The second-order valence-electron chi connectivity index (χ2n) is 4.40. The van der Waals surface area contributed by atoms with Crippen LogP contribution in [0.1, 0.15) is 36.1 Å². The van der Waals surface area contributed by atoms with Crippen LogP contribution >= 0.6 is 0 Å². The summed E-state index contributed by atoms with van der Waals surface area (Å²) in [6, 6.07) is 5.11. The fraction of sp³-hybridized carbons (Fsp3) is 0.538. The Hall–Kier alpha value is -0.820. The van der Waals surface area contributed by atoms with E-state index in [4.69, 9.17) is 0 Å². The molecule has 0 bridgehead atoms. The summed E-state index contributed by atoms with van der Waals surface area (Å²) in [6.07, 6.45) is 0. The van der Waals surface area contributed by atoms with Crippen LogP contribution in [0, 0.1) is 20.8 Å². The third kappa shape index (κ3) is 2.85. The molecule has 1 nitrogen and oxygen atoms in total. The molecule has 1 aromatic rings. The summed E-state index contributed by atoms with van der Waals surface area (Å²) in [5.41, 5.74) is 5.58. The molecule has 0 amide bonds. The van der Waals surface area contributed by atoms with Crippen molar-refractivity contribution in [1.82, 2.24) is 5.32 Å². The molecule has 0 atom stereocenters. The second-order valence-corrected chi connectivity index (χ2v) is 4.40. The van der Waals surface area contributed by atoms with E-state index in [9.17, 15) is 0 Å². The smallest absolute Gasteiger partial charge is 0.0210 e. The molecule has 0 aliphatic heterocycles. The molecule has 0 saturated carbocycles. The standard InChI is InChI=1S/C13H21N/c1-9(2)14-8-13-7-11(4)10(3)6-12(13)5/h6-7,9,14H,8H2,1-5H3. The van der Waals surface area contributed by atoms with Gasteiger partial charge in [0.2, 0.25) is 0 Å². The average Bonchev–Trinajstić information content (AvgIpc) is 2.09. The van der Waals surface area contributed by atoms with Crippen LogP contribution in [-0.2, 0) is 6.54 Å². The Morgan fingerprint density at radius 3 is 2.14 bits per heavy atom. The highest BCUT2D eigenvalue weighted by Crippen LogP contribution is 2.15. The van der Waals surface area contributed by atoms with Gasteiger partial charge in [-0.1, -0.05) is 26.0 Å². The molecule has 0 heterocycles. The molecule has 0 radical (unpaired) electrons. The van der Waals surface area contributed by atoms with Crippen molar-refractivity contribution in [3.63, 3.8) is 0 Å². The van der Waals surface area contributed by atoms with Gasteiger partial charge in [0.05, 0.1) is 0 Å². The van der Waals surface area contributed by atoms with Gasteiger partial charge in [-0.25, -0.2) is 0 Å². The largest absolute Gasteiger partial charge is 0.310 e. The van der Waals surface area contributed by atoms with Crippen LogP contribution in [0.5, 0.6) is 0 Å². The molecule has 0 aliphatic rings. The van der Waals surface area contributed by atoms with Gasteiger partial charge >= 0.3 is 0 Å². The van der Waals surface area contributed by atoms with Crippen LogP contribution in [0.2, 0.25) is 0 Å². The minimum Gasteiger partial charge on any atom is -0.310 e. The second kappa shape index (κ2) is 4.61. The Bertz CT molecular complexity index is 313. The number of aryl methyl sites for hydroxylation is 3. The van der Waals surface area contributed by atoms with Gasteiger partial charge in [-0.3, -0.25) is 0 Å². The molecule has 1 N–H and O–H groups in total. The summed E-state index contributed by atoms with van der Waals surface area (Å²) < 4.78 is 0. The fourth-order valence-corrected chi connectivity index (χ4v) is 1.52. The van der Waals surface area contributed by atoms with Gasteiger partial charge in [0.15, 0.2) is 0 Å². The summed E-state index contributed by atoms with van der Waals surface area (Å²) in [6.45, 7) is 11.9. The Balaban J connectivity index is 2.82. The molecule has 1 heteroatoms. The SMILES string of the molecule is Cc1cc(C)c(CNC(C)C)cc1C. The van der Waals surface area contributed by atoms with E-state index in [0.717, 1.165) is 6.54 Å². The van der Waals surface area contributed by atoms with E-state index in [-0.39, 0.29) is 0 Å². The predicted octanol–water partition coefficient (Wildman–Crippen LogP) is 3.11. The number of benzene rings is 1. The average molecular weight is 191 g/mol. The highest BCUT2D eigenvalue weighted by molar-refractivity contribution is 5.36. The third-order valence-electron chi connectivity index (χ3n) is 2.65. The van der Waals surface area contributed by atoms with E-state index in [2.05, 4.69) is 52.1 Å². The minimum atomic E-state index is 0.552. The molecule has 0 saturated heterocycles. The first-order chi connectivity index (χ1) is 6.50. The summed E-state index contributed by atoms with van der Waals surface area (Å²) in [7, 11) is 0.